The summed E-state index contributed by atoms with van der Waals surface area (Å²) < 4.78 is 4.94. The third-order valence-corrected chi connectivity index (χ3v) is 3.90. The molecule has 0 unspecified atom stereocenters. The lowest BCUT2D eigenvalue weighted by atomic mass is 9.80. The lowest BCUT2D eigenvalue weighted by Crippen LogP contribution is -2.31. The molecule has 2 bridgehead atoms. The monoisotopic (exact) mass is 184 g/mol. The number of carbonyl (C=O) groups excluding carboxylic acids is 1. The predicted molar refractivity (Wildman–Crippen MR) is 41.5 cm³/mol. The van der Waals surface area contributed by atoms with Gasteiger partial charge in [0.25, 0.3) is 0 Å². The van der Waals surface area contributed by atoms with Crippen LogP contribution in [0.3, 0.4) is 0 Å². The molecule has 3 fully saturated rings. The van der Waals surface area contributed by atoms with Crippen molar-refractivity contribution in [3.63, 3.8) is 0 Å². The lowest BCUT2D eigenvalue weighted by molar-refractivity contribution is -0.143. The van der Waals surface area contributed by atoms with E-state index in [2.05, 4.69) is 0 Å². The standard InChI is InChI=1S/C9H12O4/c10-5-1-3-6-4(2-13-9(6)12)7(5)8(3)11/h3-8,10-11H,1-2H2/t3-,4+,5-,6-,7-,8-/m0/s1. The van der Waals surface area contributed by atoms with Crippen LogP contribution in [0.5, 0.6) is 0 Å². The van der Waals surface area contributed by atoms with Crippen LogP contribution < -0.4 is 0 Å². The Labute approximate surface area is 75.5 Å². The van der Waals surface area contributed by atoms with Crippen LogP contribution in [-0.4, -0.2) is 35.0 Å². The van der Waals surface area contributed by atoms with Crippen LogP contribution in [0.1, 0.15) is 6.42 Å². The Kier molecular flexibility index (Phi) is 1.34. The van der Waals surface area contributed by atoms with Crippen molar-refractivity contribution in [2.75, 3.05) is 6.61 Å². The molecule has 0 radical (unpaired) electrons. The van der Waals surface area contributed by atoms with E-state index < -0.39 is 12.2 Å². The van der Waals surface area contributed by atoms with Gasteiger partial charge in [0.2, 0.25) is 0 Å². The minimum atomic E-state index is -0.488. The minimum absolute atomic E-state index is 0.0556. The maximum atomic E-state index is 11.3. The molecule has 72 valence electrons. The zero-order chi connectivity index (χ0) is 9.16. The molecular formula is C9H12O4. The Morgan fingerprint density at radius 3 is 2.85 bits per heavy atom. The summed E-state index contributed by atoms with van der Waals surface area (Å²) in [5, 5.41) is 19.4. The number of aliphatic hydroxyl groups excluding tert-OH is 2. The molecule has 2 N–H and O–H groups in total. The van der Waals surface area contributed by atoms with Crippen LogP contribution in [0, 0.1) is 23.7 Å². The van der Waals surface area contributed by atoms with Crippen LogP contribution in [0.15, 0.2) is 0 Å². The van der Waals surface area contributed by atoms with Crippen molar-refractivity contribution < 1.29 is 19.7 Å². The first-order valence-electron chi connectivity index (χ1n) is 4.73. The van der Waals surface area contributed by atoms with Crippen molar-refractivity contribution >= 4 is 5.97 Å². The smallest absolute Gasteiger partial charge is 0.309 e. The topological polar surface area (TPSA) is 66.8 Å². The number of hydrogen-bond donors (Lipinski definition) is 2. The highest BCUT2D eigenvalue weighted by Crippen LogP contribution is 2.55. The molecule has 3 rings (SSSR count). The first kappa shape index (κ1) is 7.76. The first-order valence-corrected chi connectivity index (χ1v) is 4.73. The minimum Gasteiger partial charge on any atom is -0.465 e. The maximum absolute atomic E-state index is 11.3. The van der Waals surface area contributed by atoms with Crippen molar-refractivity contribution in [1.29, 1.82) is 0 Å². The van der Waals surface area contributed by atoms with Crippen molar-refractivity contribution in [1.82, 2.24) is 0 Å². The summed E-state index contributed by atoms with van der Waals surface area (Å²) in [6.07, 6.45) is -0.365. The molecule has 0 aromatic carbocycles. The van der Waals surface area contributed by atoms with Gasteiger partial charge in [0.15, 0.2) is 0 Å². The van der Waals surface area contributed by atoms with Gasteiger partial charge in [-0.05, 0) is 6.42 Å². The van der Waals surface area contributed by atoms with E-state index in [-0.39, 0.29) is 29.6 Å². The van der Waals surface area contributed by atoms with Gasteiger partial charge in [-0.2, -0.15) is 0 Å². The van der Waals surface area contributed by atoms with Crippen LogP contribution in [-0.2, 0) is 9.53 Å². The number of carbonyl (C=O) groups is 1. The number of ether oxygens (including phenoxy) is 1. The highest BCUT2D eigenvalue weighted by Gasteiger charge is 2.63. The van der Waals surface area contributed by atoms with Gasteiger partial charge in [0.05, 0.1) is 24.7 Å². The Morgan fingerprint density at radius 2 is 2.08 bits per heavy atom. The van der Waals surface area contributed by atoms with Gasteiger partial charge in [0, 0.05) is 17.8 Å². The third kappa shape index (κ3) is 0.758. The highest BCUT2D eigenvalue weighted by atomic mass is 16.5. The first-order chi connectivity index (χ1) is 6.20. The average Bonchev–Trinajstić information content (AvgIpc) is 2.64. The molecule has 0 aromatic rings. The fraction of sp³-hybridized carbons (Fsp3) is 0.889. The second-order valence-corrected chi connectivity index (χ2v) is 4.35. The van der Waals surface area contributed by atoms with Gasteiger partial charge >= 0.3 is 5.97 Å². The molecule has 13 heavy (non-hydrogen) atoms. The van der Waals surface area contributed by atoms with E-state index in [9.17, 15) is 15.0 Å². The number of rotatable bonds is 0. The predicted octanol–water partition coefficient (Wildman–Crippen LogP) is -0.853. The number of hydrogen-bond acceptors (Lipinski definition) is 4. The second kappa shape index (κ2) is 2.25. The zero-order valence-electron chi connectivity index (χ0n) is 7.09. The van der Waals surface area contributed by atoms with Crippen LogP contribution in [0.4, 0.5) is 0 Å². The summed E-state index contributed by atoms with van der Waals surface area (Å²) in [4.78, 5) is 11.3. The summed E-state index contributed by atoms with van der Waals surface area (Å²) in [5.41, 5.74) is 0. The fourth-order valence-corrected chi connectivity index (χ4v) is 3.38. The molecule has 1 saturated heterocycles. The highest BCUT2D eigenvalue weighted by molar-refractivity contribution is 5.76. The van der Waals surface area contributed by atoms with Crippen molar-refractivity contribution in [3.05, 3.63) is 0 Å². The SMILES string of the molecule is O=C1OC[C@@H]2[C@@H]1[C@@H]1C[C@H](O)[C@H]2[C@H]1O. The van der Waals surface area contributed by atoms with Gasteiger partial charge in [-0.3, -0.25) is 4.79 Å². The number of fused-ring (bicyclic) bond motifs is 5. The van der Waals surface area contributed by atoms with Gasteiger partial charge in [-0.15, -0.1) is 0 Å². The van der Waals surface area contributed by atoms with Crippen molar-refractivity contribution in [2.45, 2.75) is 18.6 Å². The Bertz CT molecular complexity index is 262. The molecule has 1 heterocycles. The normalized spacial score (nSPS) is 58.2. The number of esters is 1. The lowest BCUT2D eigenvalue weighted by Gasteiger charge is -2.23. The van der Waals surface area contributed by atoms with Gasteiger partial charge in [-0.1, -0.05) is 0 Å². The number of aliphatic hydroxyl groups is 2. The molecular weight excluding hydrogens is 172 g/mol. The van der Waals surface area contributed by atoms with E-state index in [0.717, 1.165) is 0 Å². The van der Waals surface area contributed by atoms with E-state index >= 15 is 0 Å². The average molecular weight is 184 g/mol. The van der Waals surface area contributed by atoms with Crippen LogP contribution in [0.25, 0.3) is 0 Å². The Morgan fingerprint density at radius 1 is 1.31 bits per heavy atom. The molecule has 2 aliphatic carbocycles. The van der Waals surface area contributed by atoms with Crippen molar-refractivity contribution in [3.8, 4) is 0 Å². The van der Waals surface area contributed by atoms with Gasteiger partial charge in [0.1, 0.15) is 0 Å². The summed E-state index contributed by atoms with van der Waals surface area (Å²) in [7, 11) is 0. The summed E-state index contributed by atoms with van der Waals surface area (Å²) >= 11 is 0. The molecule has 4 heteroatoms. The van der Waals surface area contributed by atoms with E-state index in [0.29, 0.717) is 13.0 Å². The van der Waals surface area contributed by atoms with E-state index in [1.54, 1.807) is 0 Å². The zero-order valence-corrected chi connectivity index (χ0v) is 7.09. The number of cyclic esters (lactones) is 1. The molecule has 0 aromatic heterocycles. The van der Waals surface area contributed by atoms with Crippen LogP contribution in [0.2, 0.25) is 0 Å². The largest absolute Gasteiger partial charge is 0.465 e. The molecule has 2 saturated carbocycles. The second-order valence-electron chi connectivity index (χ2n) is 4.35. The fourth-order valence-electron chi connectivity index (χ4n) is 3.38. The Balaban J connectivity index is 1.98. The quantitative estimate of drug-likeness (QED) is 0.481. The Hall–Kier alpha value is -0.610. The van der Waals surface area contributed by atoms with E-state index in [4.69, 9.17) is 4.74 Å². The maximum Gasteiger partial charge on any atom is 0.309 e. The summed E-state index contributed by atoms with van der Waals surface area (Å²) in [6.45, 7) is 0.388. The summed E-state index contributed by atoms with van der Waals surface area (Å²) in [5.74, 6) is -0.426. The summed E-state index contributed by atoms with van der Waals surface area (Å²) in [6, 6.07) is 0. The molecule has 0 amide bonds. The molecule has 3 aliphatic rings. The van der Waals surface area contributed by atoms with Crippen molar-refractivity contribution in [2.24, 2.45) is 23.7 Å². The third-order valence-electron chi connectivity index (χ3n) is 3.90. The molecule has 0 spiro atoms. The van der Waals surface area contributed by atoms with Gasteiger partial charge in [-0.25, -0.2) is 0 Å². The molecule has 1 aliphatic heterocycles. The molecule has 4 nitrogen and oxygen atoms in total. The molecule has 6 atom stereocenters. The van der Waals surface area contributed by atoms with Crippen LogP contribution >= 0.6 is 0 Å². The van der Waals surface area contributed by atoms with E-state index in [1.807, 2.05) is 0 Å². The van der Waals surface area contributed by atoms with E-state index in [1.165, 1.54) is 0 Å². The van der Waals surface area contributed by atoms with Gasteiger partial charge < -0.3 is 14.9 Å².